The Morgan fingerprint density at radius 3 is 2.45 bits per heavy atom. The van der Waals surface area contributed by atoms with Crippen LogP contribution in [0.3, 0.4) is 0 Å². The van der Waals surface area contributed by atoms with Crippen LogP contribution in [0.4, 0.5) is 5.69 Å². The van der Waals surface area contributed by atoms with Gasteiger partial charge in [-0.25, -0.2) is 4.57 Å². The SMILES string of the molecule is C=CCOP(=O)(OCC=C)OC1C[C@@H]2C[C@@H](OCCN(C)c3ccc([C@H]4C[C@]56CO[C@@]5(C#CC)CCC6C5CCC6=CC(=O)CCC6=C54)cc3)CC[C@]2(C)[C@H]2C[C@H](O)[C@]3(C)[C@@H]([C@H](C)CCC(=O)OC)CC[C@H]3C12. The second kappa shape index (κ2) is 20.9. The van der Waals surface area contributed by atoms with E-state index in [-0.39, 0.29) is 88.9 Å². The molecule has 6 saturated carbocycles. The van der Waals surface area contributed by atoms with Crippen molar-refractivity contribution in [2.45, 2.75) is 160 Å². The lowest BCUT2D eigenvalue weighted by Gasteiger charge is -2.64. The van der Waals surface area contributed by atoms with Gasteiger partial charge in [0.05, 0.1) is 51.8 Å². The van der Waals surface area contributed by atoms with E-state index in [0.29, 0.717) is 50.5 Å². The summed E-state index contributed by atoms with van der Waals surface area (Å²) in [4.78, 5) is 27.2. The van der Waals surface area contributed by atoms with Crippen molar-refractivity contribution in [1.29, 1.82) is 0 Å². The summed E-state index contributed by atoms with van der Waals surface area (Å²) in [6, 6.07) is 9.29. The molecule has 73 heavy (non-hydrogen) atoms. The number of aliphatic hydroxyl groups excluding tert-OH is 1. The molecule has 1 aliphatic heterocycles. The minimum Gasteiger partial charge on any atom is -0.469 e. The van der Waals surface area contributed by atoms with E-state index in [9.17, 15) is 19.3 Å². The second-order valence-electron chi connectivity index (χ2n) is 24.4. The van der Waals surface area contributed by atoms with Crippen LogP contribution in [0.25, 0.3) is 0 Å². The molecule has 0 aromatic heterocycles. The normalized spacial score (nSPS) is 39.6. The Bertz CT molecular complexity index is 2440. The zero-order chi connectivity index (χ0) is 51.5. The standard InChI is InChI=1S/C61H84NO10P/c1-9-26-61-28-25-50-47-19-15-41-33-44(63)18-20-46(41)56(47)48(37-60(50,61)38-69-61)40-13-16-43(17-14-40)62(7)29-32-68-45-24-27-58(5)42(34-45)35-53(72-73(66,70-30-10-2)71-31-11-3)57-51-22-21-49(39(4)12-23-55(65)67-8)59(51,6)54(64)36-52(57)58/h10-11,13-14,16-17,33,39,42,45,47-54,57,64H,2-3,12,15,18-25,27-32,34-38H2,1,4-8H3/t39-,42+,45+,47?,48-,49-,50?,51+,52+,53?,54+,57?,58+,59-,60-,61+/m1/s1. The van der Waals surface area contributed by atoms with E-state index in [1.807, 2.05) is 13.0 Å². The topological polar surface area (TPSA) is 130 Å². The number of nitrogens with zero attached hydrogens (tertiary/aromatic N) is 1. The number of likely N-dealkylation sites (N-methyl/N-ethyl adjacent to an activating group) is 1. The molecule has 11 nitrogen and oxygen atoms in total. The third-order valence-corrected chi connectivity index (χ3v) is 22.9. The molecule has 8 aliphatic carbocycles. The lowest BCUT2D eigenvalue weighted by Crippen LogP contribution is -2.64. The Kier molecular flexibility index (Phi) is 15.2. The zero-order valence-corrected chi connectivity index (χ0v) is 45.6. The average molecular weight is 1020 g/mol. The molecular formula is C61H84NO10P. The summed E-state index contributed by atoms with van der Waals surface area (Å²) in [5, 5.41) is 12.4. The molecule has 1 spiro atoms. The van der Waals surface area contributed by atoms with Crippen molar-refractivity contribution in [1.82, 2.24) is 0 Å². The van der Waals surface area contributed by atoms with Gasteiger partial charge in [-0.3, -0.25) is 23.2 Å². The number of anilines is 1. The molecule has 4 unspecified atom stereocenters. The average Bonchev–Trinajstić information content (AvgIpc) is 3.85. The van der Waals surface area contributed by atoms with Gasteiger partial charge in [0.2, 0.25) is 0 Å². The fraction of sp³-hybridized carbons (Fsp3) is 0.705. The number of ketones is 1. The first-order chi connectivity index (χ1) is 35.1. The molecule has 10 rings (SSSR count). The van der Waals surface area contributed by atoms with Crippen molar-refractivity contribution in [2.75, 3.05) is 52.0 Å². The monoisotopic (exact) mass is 1020 g/mol. The predicted molar refractivity (Wildman–Crippen MR) is 283 cm³/mol. The Balaban J connectivity index is 0.833. The van der Waals surface area contributed by atoms with Crippen molar-refractivity contribution in [2.24, 2.45) is 63.6 Å². The molecule has 1 aromatic carbocycles. The number of phosphoric ester groups is 1. The third kappa shape index (κ3) is 9.15. The molecule has 7 fully saturated rings. The van der Waals surface area contributed by atoms with E-state index >= 15 is 0 Å². The van der Waals surface area contributed by atoms with Crippen LogP contribution in [0.15, 0.2) is 72.4 Å². The summed E-state index contributed by atoms with van der Waals surface area (Å²) in [6.07, 6.45) is 18.1. The van der Waals surface area contributed by atoms with Crippen molar-refractivity contribution < 1.29 is 47.0 Å². The molecule has 0 amide bonds. The highest BCUT2D eigenvalue weighted by Gasteiger charge is 2.72. The van der Waals surface area contributed by atoms with Gasteiger partial charge in [0.25, 0.3) is 0 Å². The van der Waals surface area contributed by atoms with Gasteiger partial charge in [-0.05, 0) is 190 Å². The van der Waals surface area contributed by atoms with Gasteiger partial charge in [0.1, 0.15) is 5.60 Å². The van der Waals surface area contributed by atoms with Gasteiger partial charge in [-0.2, -0.15) is 0 Å². The van der Waals surface area contributed by atoms with Crippen LogP contribution in [-0.2, 0) is 41.9 Å². The Hall–Kier alpha value is -3.33. The number of carbonyl (C=O) groups excluding carboxylic acids is 2. The summed E-state index contributed by atoms with van der Waals surface area (Å²) < 4.78 is 51.3. The second-order valence-corrected chi connectivity index (χ2v) is 26.0. The minimum atomic E-state index is -4.02. The van der Waals surface area contributed by atoms with E-state index in [4.69, 9.17) is 27.8 Å². The van der Waals surface area contributed by atoms with Crippen molar-refractivity contribution in [3.63, 3.8) is 0 Å². The smallest absolute Gasteiger partial charge is 0.469 e. The first-order valence-electron chi connectivity index (χ1n) is 28.1. The minimum absolute atomic E-state index is 0.0275. The lowest BCUT2D eigenvalue weighted by molar-refractivity contribution is -0.245. The number of aliphatic hydroxyl groups is 1. The number of carbonyl (C=O) groups is 2. The van der Waals surface area contributed by atoms with Gasteiger partial charge in [-0.1, -0.05) is 56.5 Å². The Labute approximate surface area is 436 Å². The molecule has 0 bridgehead atoms. The van der Waals surface area contributed by atoms with E-state index in [0.717, 1.165) is 89.5 Å². The molecule has 1 aromatic rings. The van der Waals surface area contributed by atoms with Gasteiger partial charge < -0.3 is 24.2 Å². The first-order valence-corrected chi connectivity index (χ1v) is 29.5. The van der Waals surface area contributed by atoms with Crippen molar-refractivity contribution in [3.05, 3.63) is 77.9 Å². The maximum absolute atomic E-state index is 14.5. The molecule has 16 atom stereocenters. The third-order valence-electron chi connectivity index (χ3n) is 21.5. The predicted octanol–water partition coefficient (Wildman–Crippen LogP) is 11.9. The molecule has 1 N–H and O–H groups in total. The fourth-order valence-corrected chi connectivity index (χ4v) is 19.2. The van der Waals surface area contributed by atoms with E-state index in [1.54, 1.807) is 17.7 Å². The quantitative estimate of drug-likeness (QED) is 0.0653. The number of rotatable bonds is 18. The summed E-state index contributed by atoms with van der Waals surface area (Å²) in [6.45, 7) is 18.7. The van der Waals surface area contributed by atoms with Crippen molar-refractivity contribution in [3.8, 4) is 11.8 Å². The molecule has 1 heterocycles. The molecule has 1 saturated heterocycles. The molecule has 0 radical (unpaired) electrons. The van der Waals surface area contributed by atoms with Crippen LogP contribution >= 0.6 is 7.82 Å². The number of fused-ring (bicyclic) bond motifs is 8. The molecule has 398 valence electrons. The van der Waals surface area contributed by atoms with Gasteiger partial charge >= 0.3 is 13.8 Å². The highest BCUT2D eigenvalue weighted by Crippen LogP contribution is 2.73. The van der Waals surface area contributed by atoms with Crippen molar-refractivity contribution >= 4 is 25.3 Å². The number of methoxy groups -OCH3 is 1. The van der Waals surface area contributed by atoms with Gasteiger partial charge in [0.15, 0.2) is 5.78 Å². The van der Waals surface area contributed by atoms with E-state index in [2.05, 4.69) is 82.0 Å². The number of hydrogen-bond donors (Lipinski definition) is 1. The Morgan fingerprint density at radius 1 is 0.986 bits per heavy atom. The molecule has 9 aliphatic rings. The van der Waals surface area contributed by atoms with E-state index < -0.39 is 25.4 Å². The number of ether oxygens (including phenoxy) is 3. The Morgan fingerprint density at radius 2 is 1.75 bits per heavy atom. The van der Waals surface area contributed by atoms with Crippen LogP contribution in [0.1, 0.15) is 142 Å². The number of allylic oxidation sites excluding steroid dienone is 4. The summed E-state index contributed by atoms with van der Waals surface area (Å²) in [7, 11) is -0.427. The molecular weight excluding hydrogens is 938 g/mol. The highest BCUT2D eigenvalue weighted by molar-refractivity contribution is 7.48. The number of benzene rings is 1. The summed E-state index contributed by atoms with van der Waals surface area (Å²) in [5.74, 6) is 9.28. The number of esters is 1. The van der Waals surface area contributed by atoms with Crippen LogP contribution in [0.5, 0.6) is 0 Å². The summed E-state index contributed by atoms with van der Waals surface area (Å²) in [5.41, 5.74) is 6.17. The maximum atomic E-state index is 14.5. The number of hydrogen-bond acceptors (Lipinski definition) is 11. The highest BCUT2D eigenvalue weighted by atomic mass is 31.2. The van der Waals surface area contributed by atoms with Crippen LogP contribution in [0, 0.1) is 75.4 Å². The van der Waals surface area contributed by atoms with Crippen LogP contribution < -0.4 is 4.90 Å². The van der Waals surface area contributed by atoms with E-state index in [1.165, 1.54) is 23.8 Å². The number of phosphoric acid groups is 1. The zero-order valence-electron chi connectivity index (χ0n) is 44.7. The van der Waals surface area contributed by atoms with Gasteiger partial charge in [-0.15, -0.1) is 19.1 Å². The molecule has 12 heteroatoms. The van der Waals surface area contributed by atoms with Crippen LogP contribution in [0.2, 0.25) is 0 Å². The van der Waals surface area contributed by atoms with Gasteiger partial charge in [0, 0.05) is 43.5 Å². The largest absolute Gasteiger partial charge is 0.475 e. The first kappa shape index (κ1) is 53.1. The lowest BCUT2D eigenvalue weighted by atomic mass is 9.43. The van der Waals surface area contributed by atoms with Crippen LogP contribution in [-0.4, -0.2) is 87.9 Å². The maximum Gasteiger partial charge on any atom is 0.475 e. The summed E-state index contributed by atoms with van der Waals surface area (Å²) >= 11 is 0. The fourth-order valence-electron chi connectivity index (χ4n) is 17.8.